The van der Waals surface area contributed by atoms with Crippen LogP contribution in [0.5, 0.6) is 11.5 Å². The monoisotopic (exact) mass is 405 g/mol. The van der Waals surface area contributed by atoms with E-state index in [1.54, 1.807) is 0 Å². The van der Waals surface area contributed by atoms with Crippen molar-refractivity contribution in [3.05, 3.63) is 52.8 Å². The van der Waals surface area contributed by atoms with Gasteiger partial charge in [-0.2, -0.15) is 18.2 Å². The van der Waals surface area contributed by atoms with Crippen molar-refractivity contribution in [1.29, 1.82) is 0 Å². The largest absolute Gasteiger partial charge is 0.448 e. The molecule has 0 spiro atoms. The Kier molecular flexibility index (Phi) is 5.71. The van der Waals surface area contributed by atoms with Crippen LogP contribution in [0.3, 0.4) is 0 Å². The number of guanidine groups is 2. The fourth-order valence-corrected chi connectivity index (χ4v) is 2.05. The molecule has 0 aliphatic heterocycles. The van der Waals surface area contributed by atoms with Gasteiger partial charge in [0.15, 0.2) is 34.9 Å². The summed E-state index contributed by atoms with van der Waals surface area (Å²) in [4.78, 5) is 7.25. The number of hydrogen-bond acceptors (Lipinski definition) is 2. The molecule has 2 aromatic carbocycles. The Balaban J connectivity index is 2.48. The first kappa shape index (κ1) is 20.9. The molecule has 6 N–H and O–H groups in total. The maximum Gasteiger partial charge on any atom is 0.416 e. The molecular formula is C16H13F6N5O. The zero-order valence-electron chi connectivity index (χ0n) is 14.1. The van der Waals surface area contributed by atoms with Crippen LogP contribution in [0, 0.1) is 24.4 Å². The number of aryl methyl sites for hydroxylation is 1. The molecule has 0 aromatic heterocycles. The molecule has 0 atom stereocenters. The van der Waals surface area contributed by atoms with Gasteiger partial charge in [0.2, 0.25) is 5.96 Å². The van der Waals surface area contributed by atoms with E-state index in [9.17, 15) is 26.3 Å². The van der Waals surface area contributed by atoms with Gasteiger partial charge in [-0.25, -0.2) is 18.2 Å². The molecule has 0 amide bonds. The molecule has 6 nitrogen and oxygen atoms in total. The molecule has 2 aromatic rings. The van der Waals surface area contributed by atoms with Crippen molar-refractivity contribution >= 4 is 17.6 Å². The van der Waals surface area contributed by atoms with Gasteiger partial charge in [0.1, 0.15) is 0 Å². The second kappa shape index (κ2) is 7.66. The average Bonchev–Trinajstić information content (AvgIpc) is 2.52. The van der Waals surface area contributed by atoms with E-state index in [1.807, 2.05) is 0 Å². The van der Waals surface area contributed by atoms with Gasteiger partial charge in [-0.15, -0.1) is 0 Å². The average molecular weight is 405 g/mol. The van der Waals surface area contributed by atoms with Crippen LogP contribution in [0.25, 0.3) is 0 Å². The maximum absolute atomic E-state index is 14.1. The highest BCUT2D eigenvalue weighted by Gasteiger charge is 2.33. The van der Waals surface area contributed by atoms with E-state index < -0.39 is 52.6 Å². The van der Waals surface area contributed by atoms with Crippen molar-refractivity contribution in [3.63, 3.8) is 0 Å². The van der Waals surface area contributed by atoms with E-state index in [2.05, 4.69) is 9.98 Å². The van der Waals surface area contributed by atoms with Crippen LogP contribution in [0.4, 0.5) is 32.0 Å². The number of nitrogens with two attached hydrogens (primary N) is 3. The topological polar surface area (TPSA) is 112 Å². The Labute approximate surface area is 154 Å². The number of rotatable bonds is 3. The fourth-order valence-electron chi connectivity index (χ4n) is 2.05. The minimum atomic E-state index is -4.97. The Morgan fingerprint density at radius 2 is 1.50 bits per heavy atom. The van der Waals surface area contributed by atoms with Crippen molar-refractivity contribution < 1.29 is 31.1 Å². The summed E-state index contributed by atoms with van der Waals surface area (Å²) in [6, 6.07) is 1.90. The molecule has 0 fully saturated rings. The lowest BCUT2D eigenvalue weighted by Gasteiger charge is -2.13. The second-order valence-corrected chi connectivity index (χ2v) is 5.44. The summed E-state index contributed by atoms with van der Waals surface area (Å²) in [6.07, 6.45) is -4.97. The Bertz CT molecular complexity index is 944. The van der Waals surface area contributed by atoms with Gasteiger partial charge in [0.05, 0.1) is 11.3 Å². The fraction of sp³-hybridized carbons (Fsp3) is 0.125. The predicted octanol–water partition coefficient (Wildman–Crippen LogP) is 3.44. The zero-order chi connectivity index (χ0) is 21.2. The summed E-state index contributed by atoms with van der Waals surface area (Å²) in [6.45, 7) is 1.44. The maximum atomic E-state index is 14.1. The summed E-state index contributed by atoms with van der Waals surface area (Å²) < 4.78 is 84.5. The second-order valence-electron chi connectivity index (χ2n) is 5.44. The van der Waals surface area contributed by atoms with Gasteiger partial charge < -0.3 is 21.9 Å². The smallest absolute Gasteiger partial charge is 0.416 e. The SMILES string of the molecule is Cc1cc(F)c(Oc2c(F)cc(C(F)(F)F)cc2F)cc1N=C(N)N=C(N)N. The number of aliphatic imine (C=N–C) groups is 2. The summed E-state index contributed by atoms with van der Waals surface area (Å²) in [5.41, 5.74) is 14.4. The van der Waals surface area contributed by atoms with Crippen LogP contribution >= 0.6 is 0 Å². The third-order valence-electron chi connectivity index (χ3n) is 3.27. The van der Waals surface area contributed by atoms with E-state index in [-0.39, 0.29) is 23.4 Å². The molecular weight excluding hydrogens is 392 g/mol. The minimum Gasteiger partial charge on any atom is -0.448 e. The molecule has 0 unspecified atom stereocenters. The standard InChI is InChI=1S/C16H13F6N5O/c1-6-2-8(17)12(5-11(6)26-15(25)27-14(23)24)28-13-9(18)3-7(4-10(13)19)16(20,21)22/h2-5H,1H3,(H6,23,24,25,26,27). The summed E-state index contributed by atoms with van der Waals surface area (Å²) >= 11 is 0. The van der Waals surface area contributed by atoms with Gasteiger partial charge in [0.25, 0.3) is 0 Å². The quantitative estimate of drug-likeness (QED) is 0.413. The highest BCUT2D eigenvalue weighted by molar-refractivity contribution is 5.93. The molecule has 0 bridgehead atoms. The van der Waals surface area contributed by atoms with Gasteiger partial charge in [-0.3, -0.25) is 0 Å². The molecule has 0 aliphatic carbocycles. The van der Waals surface area contributed by atoms with Crippen molar-refractivity contribution in [3.8, 4) is 11.5 Å². The lowest BCUT2D eigenvalue weighted by molar-refractivity contribution is -0.138. The van der Waals surface area contributed by atoms with Crippen LogP contribution in [0.15, 0.2) is 34.3 Å². The van der Waals surface area contributed by atoms with E-state index in [4.69, 9.17) is 21.9 Å². The Morgan fingerprint density at radius 1 is 0.929 bits per heavy atom. The lowest BCUT2D eigenvalue weighted by atomic mass is 10.1. The highest BCUT2D eigenvalue weighted by Crippen LogP contribution is 2.37. The van der Waals surface area contributed by atoms with Gasteiger partial charge in [-0.1, -0.05) is 0 Å². The zero-order valence-corrected chi connectivity index (χ0v) is 14.1. The number of hydrogen-bond donors (Lipinski definition) is 3. The summed E-state index contributed by atoms with van der Waals surface area (Å²) in [5.74, 6) is -7.11. The number of benzene rings is 2. The lowest BCUT2D eigenvalue weighted by Crippen LogP contribution is -2.26. The van der Waals surface area contributed by atoms with Crippen LogP contribution in [0.1, 0.15) is 11.1 Å². The van der Waals surface area contributed by atoms with Crippen molar-refractivity contribution in [2.45, 2.75) is 13.1 Å². The van der Waals surface area contributed by atoms with E-state index >= 15 is 0 Å². The predicted molar refractivity (Wildman–Crippen MR) is 89.7 cm³/mol. The van der Waals surface area contributed by atoms with Gasteiger partial charge in [-0.05, 0) is 30.7 Å². The first-order valence-corrected chi connectivity index (χ1v) is 7.36. The van der Waals surface area contributed by atoms with Gasteiger partial charge in [0, 0.05) is 6.07 Å². The molecule has 0 saturated carbocycles. The van der Waals surface area contributed by atoms with E-state index in [0.29, 0.717) is 0 Å². The first-order valence-electron chi connectivity index (χ1n) is 7.36. The van der Waals surface area contributed by atoms with Crippen molar-refractivity contribution in [1.82, 2.24) is 0 Å². The van der Waals surface area contributed by atoms with E-state index in [0.717, 1.165) is 12.1 Å². The molecule has 12 heteroatoms. The molecule has 0 saturated heterocycles. The number of nitrogens with zero attached hydrogens (tertiary/aromatic N) is 2. The molecule has 0 heterocycles. The van der Waals surface area contributed by atoms with E-state index in [1.165, 1.54) is 6.92 Å². The van der Waals surface area contributed by atoms with Gasteiger partial charge >= 0.3 is 6.18 Å². The third kappa shape index (κ3) is 4.84. The molecule has 0 aliphatic rings. The van der Waals surface area contributed by atoms with Crippen molar-refractivity contribution in [2.75, 3.05) is 0 Å². The normalized spacial score (nSPS) is 12.0. The minimum absolute atomic E-state index is 0.00775. The highest BCUT2D eigenvalue weighted by atomic mass is 19.4. The third-order valence-corrected chi connectivity index (χ3v) is 3.27. The summed E-state index contributed by atoms with van der Waals surface area (Å²) in [5, 5.41) is 0. The van der Waals surface area contributed by atoms with Crippen molar-refractivity contribution in [2.24, 2.45) is 27.2 Å². The summed E-state index contributed by atoms with van der Waals surface area (Å²) in [7, 11) is 0. The van der Waals surface area contributed by atoms with Crippen LogP contribution in [0.2, 0.25) is 0 Å². The van der Waals surface area contributed by atoms with Crippen LogP contribution in [-0.4, -0.2) is 11.9 Å². The molecule has 150 valence electrons. The molecule has 2 rings (SSSR count). The number of alkyl halides is 3. The molecule has 28 heavy (non-hydrogen) atoms. The number of ether oxygens (including phenoxy) is 1. The number of halogens is 6. The van der Waals surface area contributed by atoms with Crippen LogP contribution in [-0.2, 0) is 6.18 Å². The molecule has 0 radical (unpaired) electrons. The Morgan fingerprint density at radius 3 is 2.00 bits per heavy atom. The first-order chi connectivity index (χ1) is 12.9. The Hall–Kier alpha value is -3.44. The van der Waals surface area contributed by atoms with Crippen LogP contribution < -0.4 is 21.9 Å².